The third-order valence-electron chi connectivity index (χ3n) is 4.27. The fourth-order valence-corrected chi connectivity index (χ4v) is 3.39. The summed E-state index contributed by atoms with van der Waals surface area (Å²) in [7, 11) is 0. The smallest absolute Gasteiger partial charge is 0.321 e. The second kappa shape index (κ2) is 4.28. The molecule has 6 nitrogen and oxygen atoms in total. The summed E-state index contributed by atoms with van der Waals surface area (Å²) in [5, 5.41) is 13.4. The van der Waals surface area contributed by atoms with Crippen LogP contribution < -0.4 is 5.32 Å². The van der Waals surface area contributed by atoms with E-state index < -0.39 is 23.0 Å². The maximum absolute atomic E-state index is 12.5. The number of nitrogens with one attached hydrogen (secondary N) is 1. The molecule has 0 aromatic carbocycles. The number of nitrogens with zero attached hydrogens (tertiary/aromatic N) is 1. The Hall–Kier alpha value is -1.95. The van der Waals surface area contributed by atoms with Gasteiger partial charge in [0.25, 0.3) is 5.91 Å². The van der Waals surface area contributed by atoms with E-state index in [9.17, 15) is 14.7 Å². The first-order chi connectivity index (χ1) is 9.55. The highest BCUT2D eigenvalue weighted by Crippen LogP contribution is 2.51. The van der Waals surface area contributed by atoms with Crippen molar-refractivity contribution in [2.24, 2.45) is 0 Å². The van der Waals surface area contributed by atoms with E-state index in [4.69, 9.17) is 4.74 Å². The van der Waals surface area contributed by atoms with Crippen LogP contribution in [0.2, 0.25) is 0 Å². The molecule has 0 bridgehead atoms. The predicted octanol–water partition coefficient (Wildman–Crippen LogP) is 0.498. The van der Waals surface area contributed by atoms with Crippen molar-refractivity contribution in [3.8, 4) is 0 Å². The van der Waals surface area contributed by atoms with E-state index in [2.05, 4.69) is 10.3 Å². The highest BCUT2D eigenvalue weighted by atomic mass is 16.5. The van der Waals surface area contributed by atoms with Crippen LogP contribution in [0.4, 0.5) is 0 Å². The zero-order valence-corrected chi connectivity index (χ0v) is 11.2. The van der Waals surface area contributed by atoms with Crippen LogP contribution in [0.15, 0.2) is 18.5 Å². The topological polar surface area (TPSA) is 88.5 Å². The fraction of sp³-hybridized carbons (Fsp3) is 0.500. The molecule has 1 fully saturated rings. The molecule has 1 aliphatic carbocycles. The lowest BCUT2D eigenvalue weighted by Gasteiger charge is -2.44. The Morgan fingerprint density at radius 2 is 2.35 bits per heavy atom. The summed E-state index contributed by atoms with van der Waals surface area (Å²) < 4.78 is 5.17. The summed E-state index contributed by atoms with van der Waals surface area (Å²) in [5.41, 5.74) is -1.97. The average molecular weight is 276 g/mol. The summed E-state index contributed by atoms with van der Waals surface area (Å²) in [6, 6.07) is 1.63. The number of ether oxygens (including phenoxy) is 1. The summed E-state index contributed by atoms with van der Waals surface area (Å²) in [5.74, 6) is -0.898. The fourth-order valence-electron chi connectivity index (χ4n) is 3.39. The summed E-state index contributed by atoms with van der Waals surface area (Å²) >= 11 is 0. The van der Waals surface area contributed by atoms with Crippen molar-refractivity contribution in [3.63, 3.8) is 0 Å². The molecule has 0 radical (unpaired) electrons. The van der Waals surface area contributed by atoms with Gasteiger partial charge in [0.05, 0.1) is 12.2 Å². The first kappa shape index (κ1) is 13.1. The zero-order chi connectivity index (χ0) is 14.4. The Kier molecular flexibility index (Phi) is 2.79. The van der Waals surface area contributed by atoms with E-state index >= 15 is 0 Å². The lowest BCUT2D eigenvalue weighted by molar-refractivity contribution is -0.162. The molecule has 1 aromatic heterocycles. The van der Waals surface area contributed by atoms with Crippen LogP contribution in [0.3, 0.4) is 0 Å². The van der Waals surface area contributed by atoms with Crippen molar-refractivity contribution in [2.45, 2.75) is 37.3 Å². The molecule has 0 unspecified atom stereocenters. The Morgan fingerprint density at radius 3 is 3.10 bits per heavy atom. The van der Waals surface area contributed by atoms with Crippen LogP contribution in [-0.2, 0) is 14.9 Å². The average Bonchev–Trinajstić information content (AvgIpc) is 2.77. The molecule has 2 aliphatic rings. The monoisotopic (exact) mass is 276 g/mol. The zero-order valence-electron chi connectivity index (χ0n) is 11.2. The number of hydrogen-bond acceptors (Lipinski definition) is 5. The molecule has 106 valence electrons. The van der Waals surface area contributed by atoms with Crippen molar-refractivity contribution in [2.75, 3.05) is 6.61 Å². The Labute approximate surface area is 116 Å². The molecular weight excluding hydrogens is 260 g/mol. The minimum absolute atomic E-state index is 0.227. The van der Waals surface area contributed by atoms with Gasteiger partial charge in [0.2, 0.25) is 0 Å². The summed E-state index contributed by atoms with van der Waals surface area (Å²) in [6.07, 6.45) is 4.36. The molecule has 0 spiro atoms. The second-order valence-electron chi connectivity index (χ2n) is 5.22. The van der Waals surface area contributed by atoms with Crippen LogP contribution in [0.25, 0.3) is 0 Å². The van der Waals surface area contributed by atoms with Crippen molar-refractivity contribution in [3.05, 3.63) is 29.6 Å². The standard InChI is InChI=1S/C14H16N2O4/c1-2-20-12(18)13-5-3-6-14(13,19)16-11(17)9-8-15-7-4-10(9)13/h4,7-8,19H,2-3,5-6H2,1H3,(H,16,17)/t13-,14+/m1/s1. The predicted molar refractivity (Wildman–Crippen MR) is 68.8 cm³/mol. The number of esters is 1. The third kappa shape index (κ3) is 1.45. The van der Waals surface area contributed by atoms with Gasteiger partial charge in [0.15, 0.2) is 5.72 Å². The molecule has 20 heavy (non-hydrogen) atoms. The van der Waals surface area contributed by atoms with Crippen LogP contribution in [0, 0.1) is 0 Å². The molecule has 2 heterocycles. The molecule has 2 N–H and O–H groups in total. The number of aliphatic hydroxyl groups is 1. The number of fused-ring (bicyclic) bond motifs is 3. The lowest BCUT2D eigenvalue weighted by atomic mass is 9.69. The van der Waals surface area contributed by atoms with E-state index in [-0.39, 0.29) is 6.61 Å². The van der Waals surface area contributed by atoms with Gasteiger partial charge < -0.3 is 15.2 Å². The van der Waals surface area contributed by atoms with Crippen LogP contribution in [0.5, 0.6) is 0 Å². The first-order valence-electron chi connectivity index (χ1n) is 6.72. The van der Waals surface area contributed by atoms with Gasteiger partial charge in [-0.3, -0.25) is 14.6 Å². The number of carbonyl (C=O) groups excluding carboxylic acids is 2. The molecule has 1 amide bonds. The quantitative estimate of drug-likeness (QED) is 0.768. The van der Waals surface area contributed by atoms with Gasteiger partial charge in [0.1, 0.15) is 5.41 Å². The van der Waals surface area contributed by atoms with Crippen LogP contribution in [0.1, 0.15) is 42.1 Å². The van der Waals surface area contributed by atoms with E-state index in [1.54, 1.807) is 13.0 Å². The normalized spacial score (nSPS) is 31.2. The van der Waals surface area contributed by atoms with E-state index in [1.807, 2.05) is 0 Å². The largest absolute Gasteiger partial charge is 0.465 e. The summed E-state index contributed by atoms with van der Waals surface area (Å²) in [6.45, 7) is 1.95. The van der Waals surface area contributed by atoms with Gasteiger partial charge in [0, 0.05) is 12.4 Å². The van der Waals surface area contributed by atoms with Gasteiger partial charge in [-0.05, 0) is 37.8 Å². The Bertz CT molecular complexity index is 588. The highest BCUT2D eigenvalue weighted by Gasteiger charge is 2.65. The molecule has 1 saturated carbocycles. The lowest BCUT2D eigenvalue weighted by Crippen LogP contribution is -2.66. The molecule has 1 aromatic rings. The van der Waals surface area contributed by atoms with Gasteiger partial charge in [-0.15, -0.1) is 0 Å². The van der Waals surface area contributed by atoms with Crippen molar-refractivity contribution in [1.82, 2.24) is 10.3 Å². The first-order valence-corrected chi connectivity index (χ1v) is 6.72. The molecule has 6 heteroatoms. The number of amides is 1. The van der Waals surface area contributed by atoms with E-state index in [1.165, 1.54) is 12.4 Å². The number of rotatable bonds is 2. The molecule has 3 rings (SSSR count). The number of hydrogen-bond donors (Lipinski definition) is 2. The van der Waals surface area contributed by atoms with E-state index in [0.717, 1.165) is 0 Å². The summed E-state index contributed by atoms with van der Waals surface area (Å²) in [4.78, 5) is 28.5. The molecular formula is C14H16N2O4. The van der Waals surface area contributed by atoms with Crippen molar-refractivity contribution < 1.29 is 19.4 Å². The maximum atomic E-state index is 12.5. The molecule has 2 atom stereocenters. The minimum atomic E-state index is -1.58. The van der Waals surface area contributed by atoms with Crippen LogP contribution >= 0.6 is 0 Å². The third-order valence-corrected chi connectivity index (χ3v) is 4.27. The highest BCUT2D eigenvalue weighted by molar-refractivity contribution is 6.02. The van der Waals surface area contributed by atoms with Gasteiger partial charge in [-0.1, -0.05) is 0 Å². The SMILES string of the molecule is CCOC(=O)[C@]12CCC[C@@]1(O)NC(=O)c1cnccc12. The minimum Gasteiger partial charge on any atom is -0.465 e. The van der Waals surface area contributed by atoms with Gasteiger partial charge >= 0.3 is 5.97 Å². The molecule has 1 aliphatic heterocycles. The molecule has 0 saturated heterocycles. The second-order valence-corrected chi connectivity index (χ2v) is 5.22. The number of pyridine rings is 1. The number of carbonyl (C=O) groups is 2. The maximum Gasteiger partial charge on any atom is 0.321 e. The Balaban J connectivity index is 2.24. The van der Waals surface area contributed by atoms with Crippen molar-refractivity contribution >= 4 is 11.9 Å². The van der Waals surface area contributed by atoms with Crippen LogP contribution in [-0.4, -0.2) is 34.3 Å². The van der Waals surface area contributed by atoms with E-state index in [0.29, 0.717) is 30.4 Å². The number of aromatic nitrogens is 1. The van der Waals surface area contributed by atoms with Crippen molar-refractivity contribution in [1.29, 1.82) is 0 Å². The van der Waals surface area contributed by atoms with Gasteiger partial charge in [-0.25, -0.2) is 0 Å². The Morgan fingerprint density at radius 1 is 1.55 bits per heavy atom. The van der Waals surface area contributed by atoms with Gasteiger partial charge in [-0.2, -0.15) is 0 Å².